The molecule has 0 aliphatic carbocycles. The summed E-state index contributed by atoms with van der Waals surface area (Å²) in [6.07, 6.45) is 0.778. The van der Waals surface area contributed by atoms with E-state index in [1.807, 2.05) is 39.0 Å². The molecule has 0 unspecified atom stereocenters. The van der Waals surface area contributed by atoms with Crippen LogP contribution in [0.3, 0.4) is 0 Å². The second-order valence-electron chi connectivity index (χ2n) is 6.27. The van der Waals surface area contributed by atoms with Gasteiger partial charge in [-0.3, -0.25) is 4.79 Å². The van der Waals surface area contributed by atoms with E-state index in [9.17, 15) is 9.59 Å². The lowest BCUT2D eigenvalue weighted by Crippen LogP contribution is -2.44. The van der Waals surface area contributed by atoms with Crippen LogP contribution in [0.2, 0.25) is 0 Å². The first-order chi connectivity index (χ1) is 11.9. The van der Waals surface area contributed by atoms with Gasteiger partial charge in [-0.1, -0.05) is 37.3 Å². The number of esters is 1. The van der Waals surface area contributed by atoms with E-state index in [4.69, 9.17) is 9.47 Å². The van der Waals surface area contributed by atoms with Gasteiger partial charge in [-0.15, -0.1) is 0 Å². The molecule has 1 amide bonds. The molecule has 0 spiro atoms. The molecule has 0 aliphatic rings. The standard InChI is InChI=1S/C20H23NO4/c1-4-20(2,3)21-18(22)14-24-19(23)16-12-8-9-13-17(16)25-15-10-6-5-7-11-15/h5-13H,4,14H2,1-3H3,(H,21,22). The highest BCUT2D eigenvalue weighted by Crippen LogP contribution is 2.25. The number of ether oxygens (including phenoxy) is 2. The van der Waals surface area contributed by atoms with E-state index in [1.54, 1.807) is 36.4 Å². The molecule has 132 valence electrons. The van der Waals surface area contributed by atoms with Gasteiger partial charge in [-0.2, -0.15) is 0 Å². The molecule has 0 heterocycles. The molecule has 25 heavy (non-hydrogen) atoms. The van der Waals surface area contributed by atoms with Gasteiger partial charge < -0.3 is 14.8 Å². The fraction of sp³-hybridized carbons (Fsp3) is 0.300. The van der Waals surface area contributed by atoms with Crippen LogP contribution in [-0.4, -0.2) is 24.0 Å². The van der Waals surface area contributed by atoms with Gasteiger partial charge in [-0.05, 0) is 44.5 Å². The van der Waals surface area contributed by atoms with Crippen LogP contribution in [0.1, 0.15) is 37.6 Å². The summed E-state index contributed by atoms with van der Waals surface area (Å²) in [6.45, 7) is 5.47. The van der Waals surface area contributed by atoms with Crippen molar-refractivity contribution in [3.8, 4) is 11.5 Å². The first kappa shape index (κ1) is 18.5. The number of hydrogen-bond acceptors (Lipinski definition) is 4. The van der Waals surface area contributed by atoms with E-state index in [1.165, 1.54) is 0 Å². The maximum Gasteiger partial charge on any atom is 0.342 e. The van der Waals surface area contributed by atoms with Crippen molar-refractivity contribution in [2.75, 3.05) is 6.61 Å². The van der Waals surface area contributed by atoms with E-state index in [-0.39, 0.29) is 23.6 Å². The van der Waals surface area contributed by atoms with Crippen LogP contribution in [0.15, 0.2) is 54.6 Å². The van der Waals surface area contributed by atoms with Crippen LogP contribution in [0.25, 0.3) is 0 Å². The second kappa shape index (κ2) is 8.33. The Kier molecular flexibility index (Phi) is 6.17. The van der Waals surface area contributed by atoms with Crippen LogP contribution in [-0.2, 0) is 9.53 Å². The summed E-state index contributed by atoms with van der Waals surface area (Å²) in [5, 5.41) is 2.82. The highest BCUT2D eigenvalue weighted by Gasteiger charge is 2.20. The minimum absolute atomic E-state index is 0.272. The Morgan fingerprint density at radius 3 is 2.32 bits per heavy atom. The van der Waals surface area contributed by atoms with Crippen molar-refractivity contribution in [1.82, 2.24) is 5.32 Å². The Bertz CT molecular complexity index is 725. The van der Waals surface area contributed by atoms with Crippen LogP contribution >= 0.6 is 0 Å². The van der Waals surface area contributed by atoms with Crippen molar-refractivity contribution in [1.29, 1.82) is 0 Å². The van der Waals surface area contributed by atoms with Gasteiger partial charge in [0.15, 0.2) is 6.61 Å². The van der Waals surface area contributed by atoms with E-state index < -0.39 is 5.97 Å². The number of benzene rings is 2. The number of carbonyl (C=O) groups is 2. The first-order valence-electron chi connectivity index (χ1n) is 8.21. The molecular weight excluding hydrogens is 318 g/mol. The summed E-state index contributed by atoms with van der Waals surface area (Å²) in [5.41, 5.74) is -0.0634. The maximum atomic E-state index is 12.3. The van der Waals surface area contributed by atoms with Crippen LogP contribution in [0, 0.1) is 0 Å². The SMILES string of the molecule is CCC(C)(C)NC(=O)COC(=O)c1ccccc1Oc1ccccc1. The predicted octanol–water partition coefficient (Wildman–Crippen LogP) is 3.94. The number of rotatable bonds is 7. The average molecular weight is 341 g/mol. The number of nitrogens with one attached hydrogen (secondary N) is 1. The van der Waals surface area contributed by atoms with Gasteiger partial charge in [0, 0.05) is 5.54 Å². The van der Waals surface area contributed by atoms with Crippen molar-refractivity contribution < 1.29 is 19.1 Å². The minimum Gasteiger partial charge on any atom is -0.456 e. The third kappa shape index (κ3) is 5.64. The molecule has 1 N–H and O–H groups in total. The van der Waals surface area contributed by atoms with E-state index in [2.05, 4.69) is 5.32 Å². The molecule has 0 bridgehead atoms. The Morgan fingerprint density at radius 1 is 1.00 bits per heavy atom. The fourth-order valence-electron chi connectivity index (χ4n) is 2.05. The molecule has 0 atom stereocenters. The van der Waals surface area contributed by atoms with Crippen molar-refractivity contribution in [2.24, 2.45) is 0 Å². The molecule has 0 aromatic heterocycles. The van der Waals surface area contributed by atoms with E-state index >= 15 is 0 Å². The molecule has 2 aromatic carbocycles. The third-order valence-corrected chi connectivity index (χ3v) is 3.77. The first-order valence-corrected chi connectivity index (χ1v) is 8.21. The Hall–Kier alpha value is -2.82. The number of carbonyl (C=O) groups excluding carboxylic acids is 2. The maximum absolute atomic E-state index is 12.3. The lowest BCUT2D eigenvalue weighted by Gasteiger charge is -2.24. The summed E-state index contributed by atoms with van der Waals surface area (Å²) < 4.78 is 10.9. The number of para-hydroxylation sites is 2. The second-order valence-corrected chi connectivity index (χ2v) is 6.27. The quantitative estimate of drug-likeness (QED) is 0.775. The van der Waals surface area contributed by atoms with Crippen LogP contribution in [0.4, 0.5) is 0 Å². The number of hydrogen-bond donors (Lipinski definition) is 1. The molecule has 0 aliphatic heterocycles. The van der Waals surface area contributed by atoms with Gasteiger partial charge in [0.05, 0.1) is 0 Å². The minimum atomic E-state index is -0.601. The largest absolute Gasteiger partial charge is 0.456 e. The van der Waals surface area contributed by atoms with Crippen molar-refractivity contribution in [3.63, 3.8) is 0 Å². The molecule has 0 saturated heterocycles. The molecule has 5 nitrogen and oxygen atoms in total. The molecule has 2 rings (SSSR count). The zero-order valence-electron chi connectivity index (χ0n) is 14.7. The summed E-state index contributed by atoms with van der Waals surface area (Å²) in [4.78, 5) is 24.2. The Labute approximate surface area is 148 Å². The lowest BCUT2D eigenvalue weighted by molar-refractivity contribution is -0.125. The lowest BCUT2D eigenvalue weighted by atomic mass is 10.0. The van der Waals surface area contributed by atoms with Crippen molar-refractivity contribution in [2.45, 2.75) is 32.7 Å². The molecule has 0 saturated carbocycles. The Balaban J connectivity index is 2.01. The smallest absolute Gasteiger partial charge is 0.342 e. The zero-order valence-corrected chi connectivity index (χ0v) is 14.7. The van der Waals surface area contributed by atoms with Gasteiger partial charge in [0.1, 0.15) is 17.1 Å². The van der Waals surface area contributed by atoms with Crippen LogP contribution in [0.5, 0.6) is 11.5 Å². The molecule has 5 heteroatoms. The van der Waals surface area contributed by atoms with Gasteiger partial charge in [0.25, 0.3) is 5.91 Å². The highest BCUT2D eigenvalue weighted by atomic mass is 16.5. The summed E-state index contributed by atoms with van der Waals surface area (Å²) in [6, 6.07) is 15.9. The van der Waals surface area contributed by atoms with Crippen molar-refractivity contribution in [3.05, 3.63) is 60.2 Å². The summed E-state index contributed by atoms with van der Waals surface area (Å²) in [7, 11) is 0. The van der Waals surface area contributed by atoms with Gasteiger partial charge in [0.2, 0.25) is 0 Å². The molecule has 2 aromatic rings. The number of amides is 1. The predicted molar refractivity (Wildman–Crippen MR) is 95.8 cm³/mol. The summed E-state index contributed by atoms with van der Waals surface area (Å²) >= 11 is 0. The molecular formula is C20H23NO4. The van der Waals surface area contributed by atoms with E-state index in [0.29, 0.717) is 11.5 Å². The third-order valence-electron chi connectivity index (χ3n) is 3.77. The monoisotopic (exact) mass is 341 g/mol. The zero-order chi connectivity index (χ0) is 18.3. The Morgan fingerprint density at radius 2 is 1.64 bits per heavy atom. The average Bonchev–Trinajstić information content (AvgIpc) is 2.61. The van der Waals surface area contributed by atoms with Gasteiger partial charge >= 0.3 is 5.97 Å². The van der Waals surface area contributed by atoms with Gasteiger partial charge in [-0.25, -0.2) is 4.79 Å². The van der Waals surface area contributed by atoms with Crippen molar-refractivity contribution >= 4 is 11.9 Å². The highest BCUT2D eigenvalue weighted by molar-refractivity contribution is 5.94. The van der Waals surface area contributed by atoms with Crippen LogP contribution < -0.4 is 10.1 Å². The normalized spacial score (nSPS) is 10.8. The molecule has 0 radical (unpaired) electrons. The van der Waals surface area contributed by atoms with E-state index in [0.717, 1.165) is 6.42 Å². The molecule has 0 fully saturated rings. The fourth-order valence-corrected chi connectivity index (χ4v) is 2.05. The topological polar surface area (TPSA) is 64.6 Å². The summed E-state index contributed by atoms with van der Waals surface area (Å²) in [5.74, 6) is 0.0656.